The van der Waals surface area contributed by atoms with Crippen LogP contribution in [-0.4, -0.2) is 35.2 Å². The van der Waals surface area contributed by atoms with E-state index in [1.54, 1.807) is 0 Å². The molecule has 2 aliphatic heterocycles. The van der Waals surface area contributed by atoms with Gasteiger partial charge in [0.05, 0.1) is 6.10 Å². The minimum atomic E-state index is -0.0330. The van der Waals surface area contributed by atoms with Gasteiger partial charge < -0.3 is 5.11 Å². The topological polar surface area (TPSA) is 23.5 Å². The maximum atomic E-state index is 9.97. The van der Waals surface area contributed by atoms with Gasteiger partial charge in [0, 0.05) is 12.1 Å². The van der Waals surface area contributed by atoms with Gasteiger partial charge in [-0.3, -0.25) is 4.90 Å². The number of nitrogens with zero attached hydrogens (tertiary/aromatic N) is 1. The highest BCUT2D eigenvalue weighted by molar-refractivity contribution is 5.03. The van der Waals surface area contributed by atoms with Crippen LogP contribution in [0.5, 0.6) is 0 Å². The first kappa shape index (κ1) is 8.25. The minimum Gasteiger partial charge on any atom is -0.391 e. The zero-order valence-electron chi connectivity index (χ0n) is 8.32. The summed E-state index contributed by atoms with van der Waals surface area (Å²) in [5.41, 5.74) is 0. The van der Waals surface area contributed by atoms with Crippen LogP contribution in [0.15, 0.2) is 0 Å². The van der Waals surface area contributed by atoms with Gasteiger partial charge in [-0.05, 0) is 51.0 Å². The smallest absolute Gasteiger partial charge is 0.0698 e. The number of aliphatic hydroxyl groups excluding tert-OH is 1. The van der Waals surface area contributed by atoms with Crippen molar-refractivity contribution in [1.82, 2.24) is 4.90 Å². The van der Waals surface area contributed by atoms with Crippen molar-refractivity contribution in [2.24, 2.45) is 11.8 Å². The van der Waals surface area contributed by atoms with E-state index < -0.39 is 0 Å². The highest BCUT2D eigenvalue weighted by Crippen LogP contribution is 2.49. The second-order valence-electron chi connectivity index (χ2n) is 5.19. The Kier molecular flexibility index (Phi) is 1.72. The maximum Gasteiger partial charge on any atom is 0.0698 e. The first-order valence-electron chi connectivity index (χ1n) is 5.67. The van der Waals surface area contributed by atoms with Crippen molar-refractivity contribution in [3.05, 3.63) is 0 Å². The molecule has 4 bridgehead atoms. The van der Waals surface area contributed by atoms with Crippen LogP contribution in [0, 0.1) is 11.8 Å². The summed E-state index contributed by atoms with van der Waals surface area (Å²) in [5, 5.41) is 9.97. The van der Waals surface area contributed by atoms with E-state index in [9.17, 15) is 5.11 Å². The summed E-state index contributed by atoms with van der Waals surface area (Å²) in [4.78, 5) is 2.47. The lowest BCUT2D eigenvalue weighted by Gasteiger charge is -2.58. The molecule has 74 valence electrons. The summed E-state index contributed by atoms with van der Waals surface area (Å²) in [6, 6.07) is 1.29. The van der Waals surface area contributed by atoms with E-state index in [1.165, 1.54) is 25.7 Å². The van der Waals surface area contributed by atoms with Crippen LogP contribution in [-0.2, 0) is 0 Å². The van der Waals surface area contributed by atoms with Gasteiger partial charge in [-0.1, -0.05) is 0 Å². The molecule has 5 atom stereocenters. The molecule has 4 unspecified atom stereocenters. The molecule has 0 radical (unpaired) electrons. The molecule has 2 nitrogen and oxygen atoms in total. The maximum absolute atomic E-state index is 9.97. The molecule has 2 heteroatoms. The number of likely N-dealkylation sites (N-methyl/N-ethyl adjacent to an activating group) is 1. The van der Waals surface area contributed by atoms with E-state index in [4.69, 9.17) is 0 Å². The van der Waals surface area contributed by atoms with Crippen molar-refractivity contribution in [3.63, 3.8) is 0 Å². The van der Waals surface area contributed by atoms with Gasteiger partial charge in [-0.15, -0.1) is 0 Å². The third-order valence-electron chi connectivity index (χ3n) is 4.73. The molecule has 0 amide bonds. The lowest BCUT2D eigenvalue weighted by atomic mass is 9.61. The fraction of sp³-hybridized carbons (Fsp3) is 1.00. The Morgan fingerprint density at radius 3 is 2.77 bits per heavy atom. The van der Waals surface area contributed by atoms with Crippen LogP contribution in [0.3, 0.4) is 0 Å². The molecule has 0 spiro atoms. The van der Waals surface area contributed by atoms with Gasteiger partial charge >= 0.3 is 0 Å². The molecule has 2 saturated carbocycles. The van der Waals surface area contributed by atoms with E-state index in [0.29, 0.717) is 6.04 Å². The van der Waals surface area contributed by atoms with Gasteiger partial charge in [-0.25, -0.2) is 0 Å². The Hall–Kier alpha value is -0.0800. The summed E-state index contributed by atoms with van der Waals surface area (Å²) < 4.78 is 0. The van der Waals surface area contributed by atoms with E-state index in [2.05, 4.69) is 11.9 Å². The molecule has 2 heterocycles. The van der Waals surface area contributed by atoms with Gasteiger partial charge in [0.2, 0.25) is 0 Å². The monoisotopic (exact) mass is 181 g/mol. The molecular weight excluding hydrogens is 162 g/mol. The van der Waals surface area contributed by atoms with Crippen LogP contribution < -0.4 is 0 Å². The van der Waals surface area contributed by atoms with Crippen molar-refractivity contribution < 1.29 is 5.11 Å². The normalized spacial score (nSPS) is 55.4. The van der Waals surface area contributed by atoms with E-state index in [1.807, 2.05) is 0 Å². The predicted octanol–water partition coefficient (Wildman–Crippen LogP) is 1.24. The summed E-state index contributed by atoms with van der Waals surface area (Å²) in [5.74, 6) is 1.77. The largest absolute Gasteiger partial charge is 0.391 e. The van der Waals surface area contributed by atoms with E-state index >= 15 is 0 Å². The Labute approximate surface area is 79.9 Å². The third kappa shape index (κ3) is 1.02. The Bertz CT molecular complexity index is 218. The molecule has 0 aromatic heterocycles. The quantitative estimate of drug-likeness (QED) is 0.608. The van der Waals surface area contributed by atoms with Crippen molar-refractivity contribution in [3.8, 4) is 0 Å². The summed E-state index contributed by atoms with van der Waals surface area (Å²) in [7, 11) is 2.21. The number of piperidine rings is 2. The number of hydrogen-bond acceptors (Lipinski definition) is 2. The first-order chi connectivity index (χ1) is 6.27. The zero-order valence-corrected chi connectivity index (χ0v) is 8.32. The molecule has 0 aromatic rings. The average molecular weight is 181 g/mol. The fourth-order valence-electron chi connectivity index (χ4n) is 4.07. The minimum absolute atomic E-state index is 0.0330. The molecule has 0 aromatic carbocycles. The van der Waals surface area contributed by atoms with Gasteiger partial charge in [0.1, 0.15) is 0 Å². The SMILES string of the molecule is CN1C2CCC3C(CC[C@H](O)C31)C2. The highest BCUT2D eigenvalue weighted by Gasteiger charge is 2.50. The molecule has 4 rings (SSSR count). The van der Waals surface area contributed by atoms with Crippen molar-refractivity contribution in [2.45, 2.75) is 50.3 Å². The Balaban J connectivity index is 1.92. The van der Waals surface area contributed by atoms with Crippen LogP contribution in [0.25, 0.3) is 0 Å². The lowest BCUT2D eigenvalue weighted by Crippen LogP contribution is -2.63. The van der Waals surface area contributed by atoms with Crippen LogP contribution >= 0.6 is 0 Å². The first-order valence-corrected chi connectivity index (χ1v) is 5.67. The summed E-state index contributed by atoms with van der Waals surface area (Å²) >= 11 is 0. The van der Waals surface area contributed by atoms with E-state index in [-0.39, 0.29) is 6.10 Å². The molecule has 4 fully saturated rings. The summed E-state index contributed by atoms with van der Waals surface area (Å²) in [6.45, 7) is 0. The lowest BCUT2D eigenvalue weighted by molar-refractivity contribution is -0.117. The summed E-state index contributed by atoms with van der Waals surface area (Å²) in [6.07, 6.45) is 6.46. The molecular formula is C11H19NO. The highest BCUT2D eigenvalue weighted by atomic mass is 16.3. The van der Waals surface area contributed by atoms with Crippen molar-refractivity contribution >= 4 is 0 Å². The van der Waals surface area contributed by atoms with Crippen molar-refractivity contribution in [2.75, 3.05) is 7.05 Å². The van der Waals surface area contributed by atoms with Gasteiger partial charge in [-0.2, -0.15) is 0 Å². The van der Waals surface area contributed by atoms with Gasteiger partial charge in [0.25, 0.3) is 0 Å². The standard InChI is InChI=1S/C11H19NO/c1-12-8-3-4-9-7(6-8)2-5-10(13)11(9)12/h7-11,13H,2-6H2,1H3/t7?,8?,9?,10-,11?/m0/s1. The molecule has 13 heavy (non-hydrogen) atoms. The number of rotatable bonds is 0. The van der Waals surface area contributed by atoms with E-state index in [0.717, 1.165) is 24.3 Å². The molecule has 1 N–H and O–H groups in total. The van der Waals surface area contributed by atoms with Crippen LogP contribution in [0.2, 0.25) is 0 Å². The zero-order chi connectivity index (χ0) is 9.00. The fourth-order valence-corrected chi connectivity index (χ4v) is 4.07. The van der Waals surface area contributed by atoms with Crippen molar-refractivity contribution in [1.29, 1.82) is 0 Å². The second kappa shape index (κ2) is 2.71. The van der Waals surface area contributed by atoms with Crippen LogP contribution in [0.4, 0.5) is 0 Å². The Morgan fingerprint density at radius 2 is 2.00 bits per heavy atom. The average Bonchev–Trinajstić information content (AvgIpc) is 2.15. The number of hydrogen-bond donors (Lipinski definition) is 1. The van der Waals surface area contributed by atoms with Gasteiger partial charge in [0.15, 0.2) is 0 Å². The Morgan fingerprint density at radius 1 is 1.15 bits per heavy atom. The van der Waals surface area contributed by atoms with Crippen LogP contribution in [0.1, 0.15) is 32.1 Å². The number of fused-ring (bicyclic) bond motifs is 1. The second-order valence-corrected chi connectivity index (χ2v) is 5.19. The number of aliphatic hydroxyl groups is 1. The molecule has 2 saturated heterocycles. The molecule has 4 aliphatic rings. The predicted molar refractivity (Wildman–Crippen MR) is 51.4 cm³/mol. The third-order valence-corrected chi connectivity index (χ3v) is 4.73. The molecule has 2 aliphatic carbocycles.